The van der Waals surface area contributed by atoms with E-state index in [2.05, 4.69) is 34.4 Å². The van der Waals surface area contributed by atoms with Gasteiger partial charge in [-0.25, -0.2) is 9.78 Å². The molecule has 0 radical (unpaired) electrons. The minimum atomic E-state index is -0.486. The van der Waals surface area contributed by atoms with Crippen molar-refractivity contribution in [1.82, 2.24) is 14.9 Å². The Hall–Kier alpha value is -3.09. The molecule has 7 heteroatoms. The number of carbonyl (C=O) groups is 1. The number of benzene rings is 1. The van der Waals surface area contributed by atoms with Gasteiger partial charge in [0.05, 0.1) is 6.04 Å². The highest BCUT2D eigenvalue weighted by molar-refractivity contribution is 6.03. The van der Waals surface area contributed by atoms with Gasteiger partial charge in [0, 0.05) is 67.4 Å². The number of nitrogens with one attached hydrogen (secondary N) is 1. The number of anilines is 1. The van der Waals surface area contributed by atoms with Gasteiger partial charge in [-0.1, -0.05) is 18.9 Å². The van der Waals surface area contributed by atoms with E-state index in [4.69, 9.17) is 14.7 Å². The topological polar surface area (TPSA) is 73.8 Å². The smallest absolute Gasteiger partial charge is 0.410 e. The van der Waals surface area contributed by atoms with E-state index in [9.17, 15) is 4.79 Å². The molecule has 3 aliphatic heterocycles. The van der Waals surface area contributed by atoms with Crippen LogP contribution in [0.25, 0.3) is 5.57 Å². The number of nitrogens with zero attached hydrogens (tertiary/aromatic N) is 4. The molecule has 2 saturated heterocycles. The van der Waals surface area contributed by atoms with Gasteiger partial charge in [-0.15, -0.1) is 0 Å². The van der Waals surface area contributed by atoms with Gasteiger partial charge in [0.2, 0.25) is 0 Å². The minimum absolute atomic E-state index is 0.0489. The van der Waals surface area contributed by atoms with Crippen LogP contribution in [0.3, 0.4) is 0 Å². The summed E-state index contributed by atoms with van der Waals surface area (Å²) < 4.78 is 5.75. The quantitative estimate of drug-likeness (QED) is 0.377. The molecule has 1 aromatic heterocycles. The third-order valence-electron chi connectivity index (χ3n) is 11.5. The van der Waals surface area contributed by atoms with Crippen LogP contribution in [0.5, 0.6) is 0 Å². The summed E-state index contributed by atoms with van der Waals surface area (Å²) in [7, 11) is 0. The van der Waals surface area contributed by atoms with Gasteiger partial charge in [0.1, 0.15) is 11.4 Å². The van der Waals surface area contributed by atoms with Crippen molar-refractivity contribution in [3.05, 3.63) is 52.7 Å². The van der Waals surface area contributed by atoms with Gasteiger partial charge in [-0.3, -0.25) is 9.89 Å². The van der Waals surface area contributed by atoms with E-state index in [0.717, 1.165) is 44.6 Å². The first-order valence-electron chi connectivity index (χ1n) is 17.5. The summed E-state index contributed by atoms with van der Waals surface area (Å²) in [5, 5.41) is 0. The summed E-state index contributed by atoms with van der Waals surface area (Å²) in [4.78, 5) is 31.1. The van der Waals surface area contributed by atoms with Crippen molar-refractivity contribution in [3.63, 3.8) is 0 Å². The summed E-state index contributed by atoms with van der Waals surface area (Å²) in [5.74, 6) is 3.86. The maximum atomic E-state index is 13.0. The molecule has 4 heterocycles. The van der Waals surface area contributed by atoms with Crippen LogP contribution >= 0.6 is 0 Å². The fourth-order valence-corrected chi connectivity index (χ4v) is 9.42. The molecule has 2 bridgehead atoms. The van der Waals surface area contributed by atoms with E-state index in [1.807, 2.05) is 25.7 Å². The van der Waals surface area contributed by atoms with Crippen LogP contribution in [0.1, 0.15) is 150 Å². The molecule has 1 aromatic carbocycles. The molecule has 7 nitrogen and oxygen atoms in total. The van der Waals surface area contributed by atoms with Crippen molar-refractivity contribution in [1.29, 1.82) is 0 Å². The Morgan fingerprint density at radius 1 is 0.886 bits per heavy atom. The Balaban J connectivity index is 0.974. The number of hydrogen-bond donors (Lipinski definition) is 1. The molecule has 44 heavy (non-hydrogen) atoms. The van der Waals surface area contributed by atoms with Gasteiger partial charge in [0.15, 0.2) is 0 Å². The number of fused-ring (bicyclic) bond motifs is 5. The normalized spacial score (nSPS) is 27.3. The highest BCUT2D eigenvalue weighted by Crippen LogP contribution is 2.58. The molecular weight excluding hydrogens is 546 g/mol. The zero-order chi connectivity index (χ0) is 30.0. The lowest BCUT2D eigenvalue weighted by Crippen LogP contribution is -2.43. The number of aromatic nitrogens is 2. The molecule has 8 rings (SSSR count). The van der Waals surface area contributed by atoms with Crippen LogP contribution in [-0.4, -0.2) is 57.9 Å². The van der Waals surface area contributed by atoms with Crippen LogP contribution < -0.4 is 4.90 Å². The fraction of sp³-hybridized carbons (Fsp3) is 0.649. The molecule has 0 spiro atoms. The first kappa shape index (κ1) is 28.4. The van der Waals surface area contributed by atoms with Crippen molar-refractivity contribution in [2.45, 2.75) is 133 Å². The van der Waals surface area contributed by atoms with Crippen LogP contribution in [0, 0.1) is 0 Å². The maximum Gasteiger partial charge on any atom is 0.410 e. The number of rotatable bonds is 5. The van der Waals surface area contributed by atoms with E-state index in [-0.39, 0.29) is 12.1 Å². The number of allylic oxidation sites excluding steroid dienone is 1. The molecule has 3 atom stereocenters. The Labute approximate surface area is 262 Å². The average molecular weight is 596 g/mol. The molecule has 2 unspecified atom stereocenters. The van der Waals surface area contributed by atoms with E-state index < -0.39 is 5.60 Å². The van der Waals surface area contributed by atoms with E-state index >= 15 is 0 Å². The number of ether oxygens (including phenoxy) is 1. The number of hydrogen-bond acceptors (Lipinski definition) is 5. The molecule has 4 fully saturated rings. The molecule has 6 aliphatic rings. The molecule has 2 saturated carbocycles. The van der Waals surface area contributed by atoms with Gasteiger partial charge in [-0.2, -0.15) is 0 Å². The number of amides is 1. The molecule has 234 valence electrons. The van der Waals surface area contributed by atoms with Crippen LogP contribution in [-0.2, 0) is 4.74 Å². The molecule has 2 aromatic rings. The van der Waals surface area contributed by atoms with E-state index in [0.29, 0.717) is 23.7 Å². The minimum Gasteiger partial charge on any atom is -0.444 e. The standard InChI is InChI=1S/C37H49N5O2/c1-37(2,3)44-36(43)42-16-6-9-31(42)29-20-27(21-38-29)28-12-13-32(34-26-11-10-25(19-26)33(28)34)41-17-14-23(15-18-41)30-22-39-35(40-30)24-7-4-5-8-24/h12-13,21-26,31H,4-11,14-20H2,1-3H3,(H,39,40)/t25?,26?,31-/m0/s1. The third kappa shape index (κ3) is 5.08. The second-order valence-corrected chi connectivity index (χ2v) is 15.4. The Kier molecular flexibility index (Phi) is 7.14. The SMILES string of the molecule is CC(C)(C)OC(=O)N1CCC[C@H]1C1=NC=C(c2ccc(N3CCC(c4cnc(C5CCCC5)[nH]4)CC3)c3c2C2CCC3C2)C1. The van der Waals surface area contributed by atoms with Crippen molar-refractivity contribution in [2.75, 3.05) is 24.5 Å². The number of piperidine rings is 1. The first-order valence-corrected chi connectivity index (χ1v) is 17.5. The first-order chi connectivity index (χ1) is 21.3. The second kappa shape index (κ2) is 11.1. The predicted molar refractivity (Wildman–Crippen MR) is 176 cm³/mol. The number of aromatic amines is 1. The Bertz CT molecular complexity index is 1480. The average Bonchev–Trinajstić information content (AvgIpc) is 3.86. The van der Waals surface area contributed by atoms with Gasteiger partial charge < -0.3 is 14.6 Å². The van der Waals surface area contributed by atoms with Crippen LogP contribution in [0.2, 0.25) is 0 Å². The number of H-pyrrole nitrogens is 1. The molecule has 1 amide bonds. The number of imidazole rings is 1. The molecule has 3 aliphatic carbocycles. The summed E-state index contributed by atoms with van der Waals surface area (Å²) in [5.41, 5.74) is 9.52. The summed E-state index contributed by atoms with van der Waals surface area (Å²) in [6.45, 7) is 8.80. The predicted octanol–water partition coefficient (Wildman–Crippen LogP) is 8.40. The van der Waals surface area contributed by atoms with Crippen LogP contribution in [0.4, 0.5) is 10.5 Å². The Morgan fingerprint density at radius 2 is 1.66 bits per heavy atom. The molecular formula is C37H49N5O2. The maximum absolute atomic E-state index is 13.0. The number of carbonyl (C=O) groups excluding carboxylic acids is 1. The van der Waals surface area contributed by atoms with Crippen molar-refractivity contribution < 1.29 is 9.53 Å². The summed E-state index contributed by atoms with van der Waals surface area (Å²) in [6, 6.07) is 4.90. The van der Waals surface area contributed by atoms with Crippen molar-refractivity contribution in [3.8, 4) is 0 Å². The van der Waals surface area contributed by atoms with E-state index in [1.165, 1.54) is 86.1 Å². The van der Waals surface area contributed by atoms with Crippen molar-refractivity contribution >= 4 is 23.1 Å². The number of likely N-dealkylation sites (tertiary alicyclic amines) is 1. The van der Waals surface area contributed by atoms with Crippen LogP contribution in [0.15, 0.2) is 29.5 Å². The lowest BCUT2D eigenvalue weighted by atomic mass is 9.83. The van der Waals surface area contributed by atoms with Crippen molar-refractivity contribution in [2.24, 2.45) is 4.99 Å². The van der Waals surface area contributed by atoms with Gasteiger partial charge in [-0.05, 0) is 119 Å². The largest absolute Gasteiger partial charge is 0.444 e. The Morgan fingerprint density at radius 3 is 2.43 bits per heavy atom. The monoisotopic (exact) mass is 595 g/mol. The summed E-state index contributed by atoms with van der Waals surface area (Å²) in [6.07, 6.45) is 18.5. The lowest BCUT2D eigenvalue weighted by molar-refractivity contribution is 0.0265. The van der Waals surface area contributed by atoms with E-state index in [1.54, 1.807) is 11.1 Å². The van der Waals surface area contributed by atoms with Gasteiger partial charge in [0.25, 0.3) is 0 Å². The lowest BCUT2D eigenvalue weighted by Gasteiger charge is -2.36. The second-order valence-electron chi connectivity index (χ2n) is 15.4. The molecule has 1 N–H and O–H groups in total. The zero-order valence-electron chi connectivity index (χ0n) is 26.9. The van der Waals surface area contributed by atoms with Gasteiger partial charge >= 0.3 is 6.09 Å². The zero-order valence-corrected chi connectivity index (χ0v) is 26.9. The number of aliphatic imine (C=N–C) groups is 1. The summed E-state index contributed by atoms with van der Waals surface area (Å²) >= 11 is 0. The highest BCUT2D eigenvalue weighted by atomic mass is 16.6. The highest BCUT2D eigenvalue weighted by Gasteiger charge is 2.43. The fourth-order valence-electron chi connectivity index (χ4n) is 9.42. The third-order valence-corrected chi connectivity index (χ3v) is 11.5.